The number of amides is 1. The molecule has 1 saturated heterocycles. The number of aromatic nitrogens is 1. The molecule has 5 rings (SSSR count). The highest BCUT2D eigenvalue weighted by molar-refractivity contribution is 5.86. The van der Waals surface area contributed by atoms with Gasteiger partial charge in [0.05, 0.1) is 6.04 Å². The molecule has 0 spiro atoms. The maximum absolute atomic E-state index is 12.9. The Bertz CT molecular complexity index is 1170. The van der Waals surface area contributed by atoms with E-state index in [9.17, 15) is 9.59 Å². The summed E-state index contributed by atoms with van der Waals surface area (Å²) < 4.78 is 11.5. The number of fused-ring (bicyclic) bond motifs is 3. The molecule has 2 aliphatic rings. The summed E-state index contributed by atoms with van der Waals surface area (Å²) in [5.74, 6) is 0.533. The van der Waals surface area contributed by atoms with Gasteiger partial charge in [0.25, 0.3) is 5.91 Å². The number of rotatable bonds is 4. The Hall–Kier alpha value is -3.15. The van der Waals surface area contributed by atoms with Crippen molar-refractivity contribution in [2.45, 2.75) is 45.1 Å². The lowest BCUT2D eigenvalue weighted by molar-refractivity contribution is -0.134. The zero-order chi connectivity index (χ0) is 20.7. The van der Waals surface area contributed by atoms with Gasteiger partial charge in [-0.1, -0.05) is 6.07 Å². The first-order chi connectivity index (χ1) is 14.6. The molecule has 0 bridgehead atoms. The largest absolute Gasteiger partial charge is 0.483 e. The lowest BCUT2D eigenvalue weighted by Gasteiger charge is -2.25. The number of ether oxygens (including phenoxy) is 1. The summed E-state index contributed by atoms with van der Waals surface area (Å²) in [7, 11) is 0. The van der Waals surface area contributed by atoms with E-state index >= 15 is 0 Å². The van der Waals surface area contributed by atoms with E-state index in [1.807, 2.05) is 42.3 Å². The third-order valence-corrected chi connectivity index (χ3v) is 6.33. The van der Waals surface area contributed by atoms with Crippen molar-refractivity contribution in [3.05, 3.63) is 69.3 Å². The van der Waals surface area contributed by atoms with E-state index in [-0.39, 0.29) is 24.2 Å². The van der Waals surface area contributed by atoms with Crippen molar-refractivity contribution in [3.63, 3.8) is 0 Å². The highest BCUT2D eigenvalue weighted by Crippen LogP contribution is 2.34. The van der Waals surface area contributed by atoms with Gasteiger partial charge in [-0.15, -0.1) is 0 Å². The van der Waals surface area contributed by atoms with Gasteiger partial charge in [0, 0.05) is 35.5 Å². The van der Waals surface area contributed by atoms with Crippen LogP contribution in [0.2, 0.25) is 0 Å². The molecule has 6 nitrogen and oxygen atoms in total. The monoisotopic (exact) mass is 404 g/mol. The second-order valence-corrected chi connectivity index (χ2v) is 8.09. The Kier molecular flexibility index (Phi) is 4.77. The van der Waals surface area contributed by atoms with Crippen molar-refractivity contribution in [3.8, 4) is 5.75 Å². The van der Waals surface area contributed by atoms with Crippen LogP contribution in [-0.2, 0) is 17.6 Å². The molecule has 3 heterocycles. The van der Waals surface area contributed by atoms with Crippen molar-refractivity contribution >= 4 is 16.9 Å². The Morgan fingerprint density at radius 3 is 2.93 bits per heavy atom. The molecule has 1 amide bonds. The maximum atomic E-state index is 12.9. The summed E-state index contributed by atoms with van der Waals surface area (Å²) in [5.41, 5.74) is 4.05. The molecule has 1 aromatic carbocycles. The number of nitrogens with zero attached hydrogens (tertiary/aromatic N) is 2. The van der Waals surface area contributed by atoms with Crippen LogP contribution in [0.25, 0.3) is 11.0 Å². The molecule has 6 heteroatoms. The van der Waals surface area contributed by atoms with Crippen molar-refractivity contribution < 1.29 is 13.9 Å². The molecule has 1 aliphatic heterocycles. The molecule has 1 atom stereocenters. The number of pyridine rings is 1. The van der Waals surface area contributed by atoms with Gasteiger partial charge in [-0.05, 0) is 68.4 Å². The van der Waals surface area contributed by atoms with Crippen LogP contribution in [0.4, 0.5) is 0 Å². The highest BCUT2D eigenvalue weighted by Gasteiger charge is 2.30. The fraction of sp³-hybridized carbons (Fsp3) is 0.375. The molecule has 0 saturated carbocycles. The average Bonchev–Trinajstić information content (AvgIpc) is 3.45. The zero-order valence-corrected chi connectivity index (χ0v) is 17.0. The number of aryl methyl sites for hydroxylation is 2. The molecular weight excluding hydrogens is 380 g/mol. The third-order valence-electron chi connectivity index (χ3n) is 6.33. The number of benzene rings is 1. The minimum absolute atomic E-state index is 0.0434. The topological polar surface area (TPSA) is 72.6 Å². The highest BCUT2D eigenvalue weighted by atomic mass is 16.5. The van der Waals surface area contributed by atoms with E-state index < -0.39 is 0 Å². The molecule has 154 valence electrons. The van der Waals surface area contributed by atoms with Crippen LogP contribution in [0.15, 0.2) is 45.9 Å². The van der Waals surface area contributed by atoms with E-state index in [0.717, 1.165) is 66.3 Å². The lowest BCUT2D eigenvalue weighted by Crippen LogP contribution is -2.34. The Labute approximate surface area is 174 Å². The van der Waals surface area contributed by atoms with Crippen molar-refractivity contribution in [1.29, 1.82) is 0 Å². The maximum Gasteiger partial charge on any atom is 0.339 e. The summed E-state index contributed by atoms with van der Waals surface area (Å²) in [5, 5.41) is 0.981. The molecule has 1 aliphatic carbocycles. The number of hydrogen-bond donors (Lipinski definition) is 0. The molecule has 1 fully saturated rings. The van der Waals surface area contributed by atoms with Crippen molar-refractivity contribution in [2.75, 3.05) is 13.2 Å². The molecule has 1 unspecified atom stereocenters. The normalized spacial score (nSPS) is 18.0. The predicted octanol–water partition coefficient (Wildman–Crippen LogP) is 3.73. The minimum Gasteiger partial charge on any atom is -0.483 e. The summed E-state index contributed by atoms with van der Waals surface area (Å²) in [6, 6.07) is 7.79. The van der Waals surface area contributed by atoms with E-state index in [1.54, 1.807) is 6.20 Å². The Morgan fingerprint density at radius 2 is 2.10 bits per heavy atom. The van der Waals surface area contributed by atoms with Crippen LogP contribution < -0.4 is 10.4 Å². The van der Waals surface area contributed by atoms with Gasteiger partial charge in [-0.3, -0.25) is 9.78 Å². The second-order valence-electron chi connectivity index (χ2n) is 8.09. The zero-order valence-electron chi connectivity index (χ0n) is 17.0. The first-order valence-corrected chi connectivity index (χ1v) is 10.5. The van der Waals surface area contributed by atoms with E-state index in [4.69, 9.17) is 9.15 Å². The van der Waals surface area contributed by atoms with Gasteiger partial charge in [0.1, 0.15) is 11.3 Å². The van der Waals surface area contributed by atoms with Crippen molar-refractivity contribution in [2.24, 2.45) is 0 Å². The third kappa shape index (κ3) is 3.16. The standard InChI is InChI=1S/C24H24N2O4/c1-15-21(10-9-18-17-6-2-7-19(17)24(28)30-23(15)18)29-14-22(27)26-12-4-8-20(26)16-5-3-11-25-13-16/h3,5,9-11,13,20H,2,4,6-8,12,14H2,1H3. The van der Waals surface area contributed by atoms with Gasteiger partial charge in [0.15, 0.2) is 6.61 Å². The smallest absolute Gasteiger partial charge is 0.339 e. The molecule has 0 N–H and O–H groups in total. The van der Waals surface area contributed by atoms with Gasteiger partial charge < -0.3 is 14.1 Å². The van der Waals surface area contributed by atoms with E-state index in [0.29, 0.717) is 11.3 Å². The van der Waals surface area contributed by atoms with Gasteiger partial charge in [-0.25, -0.2) is 4.79 Å². The summed E-state index contributed by atoms with van der Waals surface area (Å²) in [4.78, 5) is 31.3. The van der Waals surface area contributed by atoms with Gasteiger partial charge in [0.2, 0.25) is 0 Å². The van der Waals surface area contributed by atoms with Gasteiger partial charge >= 0.3 is 5.63 Å². The number of carbonyl (C=O) groups is 1. The molecule has 2 aromatic heterocycles. The van der Waals surface area contributed by atoms with E-state index in [2.05, 4.69) is 4.98 Å². The number of carbonyl (C=O) groups excluding carboxylic acids is 1. The second kappa shape index (κ2) is 7.59. The van der Waals surface area contributed by atoms with E-state index in [1.165, 1.54) is 0 Å². The first-order valence-electron chi connectivity index (χ1n) is 10.5. The Balaban J connectivity index is 1.36. The lowest BCUT2D eigenvalue weighted by atomic mass is 10.0. The molecule has 30 heavy (non-hydrogen) atoms. The number of likely N-dealkylation sites (tertiary alicyclic amines) is 1. The van der Waals surface area contributed by atoms with Gasteiger partial charge in [-0.2, -0.15) is 0 Å². The number of hydrogen-bond acceptors (Lipinski definition) is 5. The minimum atomic E-state index is -0.247. The molecule has 0 radical (unpaired) electrons. The summed E-state index contributed by atoms with van der Waals surface area (Å²) in [6.07, 6.45) is 8.14. The molecule has 3 aromatic rings. The SMILES string of the molecule is Cc1c(OCC(=O)N2CCCC2c2cccnc2)ccc2c3c(c(=O)oc12)CCC3. The van der Waals surface area contributed by atoms with Crippen LogP contribution in [0.5, 0.6) is 5.75 Å². The van der Waals surface area contributed by atoms with Crippen LogP contribution in [0, 0.1) is 6.92 Å². The first kappa shape index (κ1) is 18.9. The Morgan fingerprint density at radius 1 is 1.23 bits per heavy atom. The van der Waals surface area contributed by atoms with Crippen LogP contribution in [-0.4, -0.2) is 28.9 Å². The predicted molar refractivity (Wildman–Crippen MR) is 113 cm³/mol. The van der Waals surface area contributed by atoms with Crippen molar-refractivity contribution in [1.82, 2.24) is 9.88 Å². The molecular formula is C24H24N2O4. The summed E-state index contributed by atoms with van der Waals surface area (Å²) in [6.45, 7) is 2.55. The van der Waals surface area contributed by atoms with Crippen LogP contribution in [0.1, 0.15) is 47.6 Å². The quantitative estimate of drug-likeness (QED) is 0.620. The average molecular weight is 404 g/mol. The fourth-order valence-corrected chi connectivity index (χ4v) is 4.83. The van der Waals surface area contributed by atoms with Crippen LogP contribution >= 0.6 is 0 Å². The van der Waals surface area contributed by atoms with Crippen LogP contribution in [0.3, 0.4) is 0 Å². The summed E-state index contributed by atoms with van der Waals surface area (Å²) >= 11 is 0. The fourth-order valence-electron chi connectivity index (χ4n) is 4.83.